The number of thiophene rings is 1. The molecule has 0 atom stereocenters. The maximum Gasteiger partial charge on any atom is 0.266 e. The van der Waals surface area contributed by atoms with Crippen molar-refractivity contribution in [1.29, 1.82) is 0 Å². The number of halogens is 2. The van der Waals surface area contributed by atoms with Gasteiger partial charge in [0.05, 0.1) is 4.88 Å². The first-order valence-electron chi connectivity index (χ1n) is 5.31. The molecule has 1 amide bonds. The molecule has 2 aromatic rings. The van der Waals surface area contributed by atoms with Gasteiger partial charge in [0.1, 0.15) is 17.3 Å². The lowest BCUT2D eigenvalue weighted by atomic mass is 10.1. The monoisotopic (exact) mass is 265 g/mol. The Hall–Kier alpha value is -1.69. The number of hydrogen-bond donors (Lipinski definition) is 1. The van der Waals surface area contributed by atoms with Crippen LogP contribution in [0.2, 0.25) is 0 Å². The number of benzene rings is 1. The molecule has 0 radical (unpaired) electrons. The number of nitrogens with one attached hydrogen (secondary N) is 1. The molecule has 0 unspecified atom stereocenters. The molecule has 2 nitrogen and oxygen atoms in total. The first-order valence-corrected chi connectivity index (χ1v) is 6.13. The summed E-state index contributed by atoms with van der Waals surface area (Å²) in [5.74, 6) is -2.06. The van der Waals surface area contributed by atoms with Crippen molar-refractivity contribution in [1.82, 2.24) is 0 Å². The third-order valence-corrected chi connectivity index (χ3v) is 3.60. The predicted octanol–water partition coefficient (Wildman–Crippen LogP) is 1.85. The van der Waals surface area contributed by atoms with Gasteiger partial charge in [-0.3, -0.25) is 4.79 Å². The summed E-state index contributed by atoms with van der Waals surface area (Å²) in [6.07, 6.45) is 0. The molecule has 0 fully saturated rings. The van der Waals surface area contributed by atoms with Crippen LogP contribution >= 0.6 is 11.3 Å². The zero-order valence-corrected chi connectivity index (χ0v) is 10.7. The third-order valence-electron chi connectivity index (χ3n) is 2.45. The molecule has 0 saturated carbocycles. The van der Waals surface area contributed by atoms with E-state index in [0.29, 0.717) is 4.88 Å². The molecule has 0 spiro atoms. The van der Waals surface area contributed by atoms with Crippen molar-refractivity contribution in [2.75, 3.05) is 5.32 Å². The van der Waals surface area contributed by atoms with Crippen LogP contribution in [0.5, 0.6) is 0 Å². The second kappa shape index (κ2) is 4.90. The second-order valence-electron chi connectivity index (χ2n) is 3.92. The van der Waals surface area contributed by atoms with Crippen molar-refractivity contribution < 1.29 is 13.6 Å². The molecule has 18 heavy (non-hydrogen) atoms. The van der Waals surface area contributed by atoms with Crippen molar-refractivity contribution in [2.45, 2.75) is 6.92 Å². The van der Waals surface area contributed by atoms with Gasteiger partial charge in [-0.05, 0) is 29.4 Å². The highest BCUT2D eigenvalue weighted by Crippen LogP contribution is 2.21. The number of aryl methyl sites for hydroxylation is 1. The zero-order chi connectivity index (χ0) is 13.3. The fourth-order valence-electron chi connectivity index (χ4n) is 1.65. The quantitative estimate of drug-likeness (QED) is 0.825. The summed E-state index contributed by atoms with van der Waals surface area (Å²) in [5, 5.41) is 2.27. The third kappa shape index (κ3) is 2.43. The lowest BCUT2D eigenvalue weighted by molar-refractivity contribution is 0.102. The highest BCUT2D eigenvalue weighted by atomic mass is 32.1. The first kappa shape index (κ1) is 12.8. The Morgan fingerprint density at radius 3 is 2.44 bits per heavy atom. The predicted molar refractivity (Wildman–Crippen MR) is 71.5 cm³/mol. The molecule has 6 heteroatoms. The summed E-state index contributed by atoms with van der Waals surface area (Å²) in [4.78, 5) is 12.4. The number of anilines is 1. The molecule has 0 bridgehead atoms. The smallest absolute Gasteiger partial charge is 0.266 e. The van der Waals surface area contributed by atoms with Gasteiger partial charge in [-0.2, -0.15) is 0 Å². The molecule has 0 aliphatic carbocycles. The van der Waals surface area contributed by atoms with Gasteiger partial charge >= 0.3 is 0 Å². The fraction of sp³-hybridized carbons (Fsp3) is 0.0833. The van der Waals surface area contributed by atoms with E-state index in [1.165, 1.54) is 17.4 Å². The van der Waals surface area contributed by atoms with E-state index in [-0.39, 0.29) is 0 Å². The number of hydrogen-bond acceptors (Lipinski definition) is 2. The van der Waals surface area contributed by atoms with Gasteiger partial charge < -0.3 is 5.32 Å². The Bertz CT molecular complexity index is 592. The average Bonchev–Trinajstić information content (AvgIpc) is 2.63. The molecule has 0 aliphatic rings. The van der Waals surface area contributed by atoms with Gasteiger partial charge in [0.2, 0.25) is 0 Å². The molecular weight excluding hydrogens is 255 g/mol. The fourth-order valence-corrected chi connectivity index (χ4v) is 2.58. The minimum atomic E-state index is -0.783. The summed E-state index contributed by atoms with van der Waals surface area (Å²) in [6.45, 7) is 1.79. The van der Waals surface area contributed by atoms with Crippen molar-refractivity contribution in [3.8, 4) is 0 Å². The van der Waals surface area contributed by atoms with Crippen LogP contribution in [0, 0.1) is 18.6 Å². The van der Waals surface area contributed by atoms with Crippen LogP contribution in [-0.4, -0.2) is 13.8 Å². The van der Waals surface area contributed by atoms with E-state index < -0.39 is 23.2 Å². The number of para-hydroxylation sites is 1. The molecule has 1 aromatic carbocycles. The van der Waals surface area contributed by atoms with Gasteiger partial charge in [0, 0.05) is 0 Å². The van der Waals surface area contributed by atoms with Gasteiger partial charge in [-0.25, -0.2) is 8.78 Å². The molecule has 0 aliphatic heterocycles. The Morgan fingerprint density at radius 1 is 1.33 bits per heavy atom. The Labute approximate surface area is 108 Å². The maximum atomic E-state index is 13.4. The van der Waals surface area contributed by atoms with E-state index in [1.54, 1.807) is 6.92 Å². The average molecular weight is 265 g/mol. The van der Waals surface area contributed by atoms with Crippen LogP contribution < -0.4 is 10.1 Å². The van der Waals surface area contributed by atoms with Crippen LogP contribution in [0.25, 0.3) is 0 Å². The van der Waals surface area contributed by atoms with E-state index in [4.69, 9.17) is 0 Å². The topological polar surface area (TPSA) is 29.1 Å². The lowest BCUT2D eigenvalue weighted by Gasteiger charge is -2.06. The number of carbonyl (C=O) groups is 1. The van der Waals surface area contributed by atoms with E-state index >= 15 is 0 Å². The maximum absolute atomic E-state index is 13.4. The SMILES string of the molecule is Bc1cc(C)c(C(=O)Nc2c(F)cccc2F)s1. The highest BCUT2D eigenvalue weighted by Gasteiger charge is 2.16. The Kier molecular flexibility index (Phi) is 3.47. The van der Waals surface area contributed by atoms with Crippen molar-refractivity contribution in [2.24, 2.45) is 0 Å². The van der Waals surface area contributed by atoms with Crippen LogP contribution in [0.15, 0.2) is 24.3 Å². The largest absolute Gasteiger partial charge is 0.316 e. The van der Waals surface area contributed by atoms with E-state index in [0.717, 1.165) is 22.5 Å². The van der Waals surface area contributed by atoms with Crippen molar-refractivity contribution in [3.63, 3.8) is 0 Å². The minimum absolute atomic E-state index is 0.409. The molecular formula is C12H10BF2NOS. The first-order chi connectivity index (χ1) is 8.49. The van der Waals surface area contributed by atoms with E-state index in [9.17, 15) is 13.6 Å². The van der Waals surface area contributed by atoms with Crippen molar-refractivity contribution in [3.05, 3.63) is 46.3 Å². The lowest BCUT2D eigenvalue weighted by Crippen LogP contribution is -2.14. The zero-order valence-electron chi connectivity index (χ0n) is 9.88. The summed E-state index contributed by atoms with van der Waals surface area (Å²) in [7, 11) is 1.87. The van der Waals surface area contributed by atoms with Crippen LogP contribution in [0.1, 0.15) is 15.2 Å². The normalized spacial score (nSPS) is 10.4. The Morgan fingerprint density at radius 2 is 1.94 bits per heavy atom. The van der Waals surface area contributed by atoms with Gasteiger partial charge in [0.15, 0.2) is 7.85 Å². The van der Waals surface area contributed by atoms with E-state index in [1.807, 2.05) is 13.9 Å². The molecule has 1 N–H and O–H groups in total. The van der Waals surface area contributed by atoms with Gasteiger partial charge in [-0.15, -0.1) is 11.3 Å². The van der Waals surface area contributed by atoms with E-state index in [2.05, 4.69) is 5.32 Å². The minimum Gasteiger partial charge on any atom is -0.316 e. The van der Waals surface area contributed by atoms with Crippen LogP contribution in [0.4, 0.5) is 14.5 Å². The van der Waals surface area contributed by atoms with Gasteiger partial charge in [-0.1, -0.05) is 12.1 Å². The Balaban J connectivity index is 2.30. The van der Waals surface area contributed by atoms with Crippen molar-refractivity contribution >= 4 is 35.6 Å². The van der Waals surface area contributed by atoms with Gasteiger partial charge in [0.25, 0.3) is 5.91 Å². The standard InChI is InChI=1S/C12H10BF2NOS/c1-6-5-9(13)18-11(6)12(17)16-10-7(14)3-2-4-8(10)15/h2-5H,13H2,1H3,(H,16,17). The van der Waals surface area contributed by atoms with Crippen LogP contribution in [-0.2, 0) is 0 Å². The summed E-state index contributed by atoms with van der Waals surface area (Å²) in [5.41, 5.74) is 0.389. The molecule has 92 valence electrons. The molecule has 0 saturated heterocycles. The molecule has 2 rings (SSSR count). The number of rotatable bonds is 2. The summed E-state index contributed by atoms with van der Waals surface area (Å²) >= 11 is 1.30. The van der Waals surface area contributed by atoms with Crippen LogP contribution in [0.3, 0.4) is 0 Å². The second-order valence-corrected chi connectivity index (χ2v) is 5.18. The number of carbonyl (C=O) groups excluding carboxylic acids is 1. The molecule has 1 heterocycles. The number of amides is 1. The highest BCUT2D eigenvalue weighted by molar-refractivity contribution is 7.21. The molecule has 1 aromatic heterocycles. The summed E-state index contributed by atoms with van der Waals surface area (Å²) < 4.78 is 27.7. The summed E-state index contributed by atoms with van der Waals surface area (Å²) in [6, 6.07) is 5.31.